The van der Waals surface area contributed by atoms with Crippen molar-refractivity contribution in [3.8, 4) is 5.88 Å². The van der Waals surface area contributed by atoms with Crippen LogP contribution in [0.15, 0.2) is 42.6 Å². The highest BCUT2D eigenvalue weighted by molar-refractivity contribution is 5.90. The van der Waals surface area contributed by atoms with Crippen LogP contribution in [-0.4, -0.2) is 28.0 Å². The summed E-state index contributed by atoms with van der Waals surface area (Å²) in [6, 6.07) is 11.3. The van der Waals surface area contributed by atoms with E-state index in [2.05, 4.69) is 20.3 Å². The molecule has 112 valence electrons. The first-order valence-corrected chi connectivity index (χ1v) is 6.98. The van der Waals surface area contributed by atoms with Gasteiger partial charge in [0, 0.05) is 18.9 Å². The van der Waals surface area contributed by atoms with Crippen molar-refractivity contribution in [2.45, 2.75) is 12.8 Å². The average Bonchev–Trinajstić information content (AvgIpc) is 2.96. The van der Waals surface area contributed by atoms with Gasteiger partial charge in [-0.15, -0.1) is 0 Å². The van der Waals surface area contributed by atoms with Crippen molar-refractivity contribution in [3.63, 3.8) is 0 Å². The first-order chi connectivity index (χ1) is 10.7. The number of ether oxygens (including phenoxy) is 1. The number of aryl methyl sites for hydroxylation is 1. The maximum absolute atomic E-state index is 11.9. The van der Waals surface area contributed by atoms with E-state index in [1.807, 2.05) is 24.3 Å². The molecule has 0 unspecified atom stereocenters. The topological polar surface area (TPSA) is 79.9 Å². The van der Waals surface area contributed by atoms with Gasteiger partial charge in [-0.25, -0.2) is 9.97 Å². The third-order valence-corrected chi connectivity index (χ3v) is 3.26. The van der Waals surface area contributed by atoms with E-state index in [4.69, 9.17) is 4.74 Å². The Labute approximate surface area is 127 Å². The number of imidazole rings is 1. The highest BCUT2D eigenvalue weighted by atomic mass is 16.5. The summed E-state index contributed by atoms with van der Waals surface area (Å²) in [5.41, 5.74) is 2.55. The summed E-state index contributed by atoms with van der Waals surface area (Å²) in [6.07, 6.45) is 2.48. The molecule has 1 aromatic carbocycles. The Bertz CT molecular complexity index is 747. The fourth-order valence-electron chi connectivity index (χ4n) is 2.15. The van der Waals surface area contributed by atoms with Gasteiger partial charge in [0.25, 0.3) is 0 Å². The number of nitrogens with zero attached hydrogens (tertiary/aromatic N) is 2. The number of nitrogens with one attached hydrogen (secondary N) is 2. The van der Waals surface area contributed by atoms with Gasteiger partial charge in [0.1, 0.15) is 5.82 Å². The van der Waals surface area contributed by atoms with Crippen LogP contribution < -0.4 is 10.1 Å². The summed E-state index contributed by atoms with van der Waals surface area (Å²) in [5, 5.41) is 2.80. The van der Waals surface area contributed by atoms with Crippen LogP contribution in [0.1, 0.15) is 12.2 Å². The zero-order valence-electron chi connectivity index (χ0n) is 12.2. The predicted octanol–water partition coefficient (Wildman–Crippen LogP) is 2.54. The lowest BCUT2D eigenvalue weighted by atomic mass is 10.3. The maximum Gasteiger partial charge on any atom is 0.224 e. The lowest BCUT2D eigenvalue weighted by Crippen LogP contribution is -2.12. The summed E-state index contributed by atoms with van der Waals surface area (Å²) in [4.78, 5) is 23.6. The van der Waals surface area contributed by atoms with Gasteiger partial charge < -0.3 is 15.0 Å². The molecule has 0 spiro atoms. The summed E-state index contributed by atoms with van der Waals surface area (Å²) < 4.78 is 4.97. The Hall–Kier alpha value is -2.89. The number of amides is 1. The molecule has 0 aliphatic rings. The van der Waals surface area contributed by atoms with Crippen molar-refractivity contribution in [2.24, 2.45) is 0 Å². The summed E-state index contributed by atoms with van der Waals surface area (Å²) in [7, 11) is 1.55. The van der Waals surface area contributed by atoms with E-state index in [9.17, 15) is 4.79 Å². The number of pyridine rings is 1. The molecular formula is C16H16N4O2. The minimum atomic E-state index is -0.0765. The van der Waals surface area contributed by atoms with E-state index in [1.54, 1.807) is 25.4 Å². The first kappa shape index (κ1) is 14.1. The number of hydrogen-bond donors (Lipinski definition) is 2. The number of carbonyl (C=O) groups is 1. The van der Waals surface area contributed by atoms with Crippen LogP contribution in [0.4, 0.5) is 5.69 Å². The molecule has 3 rings (SSSR count). The molecule has 0 fully saturated rings. The van der Waals surface area contributed by atoms with Crippen LogP contribution in [0, 0.1) is 0 Å². The molecule has 0 atom stereocenters. The number of aromatic amines is 1. The molecule has 2 N–H and O–H groups in total. The number of H-pyrrole nitrogens is 1. The zero-order valence-corrected chi connectivity index (χ0v) is 12.2. The van der Waals surface area contributed by atoms with Crippen molar-refractivity contribution in [2.75, 3.05) is 12.4 Å². The zero-order chi connectivity index (χ0) is 15.4. The van der Waals surface area contributed by atoms with Crippen molar-refractivity contribution in [1.82, 2.24) is 15.0 Å². The number of carbonyl (C=O) groups excluding carboxylic acids is 1. The van der Waals surface area contributed by atoms with Gasteiger partial charge >= 0.3 is 0 Å². The lowest BCUT2D eigenvalue weighted by Gasteiger charge is -2.04. The highest BCUT2D eigenvalue weighted by Gasteiger charge is 2.07. The number of anilines is 1. The lowest BCUT2D eigenvalue weighted by molar-refractivity contribution is -0.116. The Kier molecular flexibility index (Phi) is 4.00. The van der Waals surface area contributed by atoms with Gasteiger partial charge in [-0.2, -0.15) is 0 Å². The van der Waals surface area contributed by atoms with Gasteiger partial charge in [0.05, 0.1) is 30.0 Å². The largest absolute Gasteiger partial charge is 0.481 e. The predicted molar refractivity (Wildman–Crippen MR) is 83.8 cm³/mol. The summed E-state index contributed by atoms with van der Waals surface area (Å²) >= 11 is 0. The SMILES string of the molecule is COc1ccc(NC(=O)CCc2nc3ccccc3[nH]2)cn1. The van der Waals surface area contributed by atoms with Crippen LogP contribution in [-0.2, 0) is 11.2 Å². The third kappa shape index (κ3) is 3.22. The van der Waals surface area contributed by atoms with E-state index in [0.29, 0.717) is 24.4 Å². The van der Waals surface area contributed by atoms with Crippen molar-refractivity contribution in [3.05, 3.63) is 48.4 Å². The summed E-state index contributed by atoms with van der Waals surface area (Å²) in [5.74, 6) is 1.25. The Morgan fingerprint density at radius 3 is 2.86 bits per heavy atom. The summed E-state index contributed by atoms with van der Waals surface area (Å²) in [6.45, 7) is 0. The molecule has 22 heavy (non-hydrogen) atoms. The minimum Gasteiger partial charge on any atom is -0.481 e. The van der Waals surface area contributed by atoms with Gasteiger partial charge in [0.2, 0.25) is 11.8 Å². The second kappa shape index (κ2) is 6.26. The highest BCUT2D eigenvalue weighted by Crippen LogP contribution is 2.13. The number of hydrogen-bond acceptors (Lipinski definition) is 4. The number of fused-ring (bicyclic) bond motifs is 1. The molecule has 2 heterocycles. The van der Waals surface area contributed by atoms with Gasteiger partial charge in [-0.05, 0) is 18.2 Å². The van der Waals surface area contributed by atoms with E-state index in [1.165, 1.54) is 0 Å². The molecule has 6 nitrogen and oxygen atoms in total. The molecular weight excluding hydrogens is 280 g/mol. The van der Waals surface area contributed by atoms with E-state index in [0.717, 1.165) is 16.9 Å². The van der Waals surface area contributed by atoms with Gasteiger partial charge in [-0.1, -0.05) is 12.1 Å². The number of methoxy groups -OCH3 is 1. The van der Waals surface area contributed by atoms with E-state index >= 15 is 0 Å². The Balaban J connectivity index is 1.57. The Morgan fingerprint density at radius 1 is 1.27 bits per heavy atom. The number of aromatic nitrogens is 3. The van der Waals surface area contributed by atoms with E-state index in [-0.39, 0.29) is 5.91 Å². The van der Waals surface area contributed by atoms with Crippen molar-refractivity contribution >= 4 is 22.6 Å². The number of benzene rings is 1. The van der Waals surface area contributed by atoms with Crippen LogP contribution >= 0.6 is 0 Å². The normalized spacial score (nSPS) is 10.6. The Morgan fingerprint density at radius 2 is 2.14 bits per heavy atom. The van der Waals surface area contributed by atoms with Crippen molar-refractivity contribution in [1.29, 1.82) is 0 Å². The van der Waals surface area contributed by atoms with Crippen LogP contribution in [0.2, 0.25) is 0 Å². The van der Waals surface area contributed by atoms with Crippen LogP contribution in [0.3, 0.4) is 0 Å². The van der Waals surface area contributed by atoms with Gasteiger partial charge in [-0.3, -0.25) is 4.79 Å². The molecule has 0 saturated carbocycles. The molecule has 0 radical (unpaired) electrons. The molecule has 2 aromatic heterocycles. The first-order valence-electron chi connectivity index (χ1n) is 6.98. The maximum atomic E-state index is 11.9. The smallest absolute Gasteiger partial charge is 0.224 e. The number of para-hydroxylation sites is 2. The molecule has 0 aliphatic heterocycles. The standard InChI is InChI=1S/C16H16N4O2/c1-22-16-9-6-11(10-17-16)18-15(21)8-7-14-19-12-4-2-3-5-13(12)20-14/h2-6,9-10H,7-8H2,1H3,(H,18,21)(H,19,20). The third-order valence-electron chi connectivity index (χ3n) is 3.26. The van der Waals surface area contributed by atoms with E-state index < -0.39 is 0 Å². The van der Waals surface area contributed by atoms with Crippen LogP contribution in [0.5, 0.6) is 5.88 Å². The minimum absolute atomic E-state index is 0.0765. The second-order valence-corrected chi connectivity index (χ2v) is 4.84. The quantitative estimate of drug-likeness (QED) is 0.758. The van der Waals surface area contributed by atoms with Crippen LogP contribution in [0.25, 0.3) is 11.0 Å². The second-order valence-electron chi connectivity index (χ2n) is 4.84. The average molecular weight is 296 g/mol. The molecule has 0 saturated heterocycles. The number of rotatable bonds is 5. The fourth-order valence-corrected chi connectivity index (χ4v) is 2.15. The fraction of sp³-hybridized carbons (Fsp3) is 0.188. The molecule has 0 bridgehead atoms. The molecule has 3 aromatic rings. The molecule has 0 aliphatic carbocycles. The molecule has 1 amide bonds. The molecule has 6 heteroatoms. The van der Waals surface area contributed by atoms with Crippen molar-refractivity contribution < 1.29 is 9.53 Å². The monoisotopic (exact) mass is 296 g/mol. The van der Waals surface area contributed by atoms with Gasteiger partial charge in [0.15, 0.2) is 0 Å².